The molecule has 4 bridgehead atoms. The van der Waals surface area contributed by atoms with E-state index in [4.69, 9.17) is 0 Å². The number of rotatable bonds is 3. The Bertz CT molecular complexity index is 960. The van der Waals surface area contributed by atoms with Crippen LogP contribution >= 0.6 is 27.3 Å². The number of aromatic nitrogens is 1. The maximum atomic E-state index is 13.1. The predicted octanol–water partition coefficient (Wildman–Crippen LogP) is 4.61. The average molecular weight is 474 g/mol. The van der Waals surface area contributed by atoms with E-state index >= 15 is 0 Å². The number of hydrogen-bond acceptors (Lipinski definition) is 4. The van der Waals surface area contributed by atoms with Gasteiger partial charge in [0.2, 0.25) is 5.91 Å². The fraction of sp³-hybridized carbons (Fsp3) is 0.500. The number of hydrazine groups is 1. The summed E-state index contributed by atoms with van der Waals surface area (Å²) in [5, 5.41) is 0.807. The van der Waals surface area contributed by atoms with Gasteiger partial charge >= 0.3 is 0 Å². The fourth-order valence-electron chi connectivity index (χ4n) is 6.03. The Kier molecular flexibility index (Phi) is 4.59. The average Bonchev–Trinajstić information content (AvgIpc) is 3.06. The van der Waals surface area contributed by atoms with E-state index in [1.54, 1.807) is 0 Å². The van der Waals surface area contributed by atoms with Crippen molar-refractivity contribution in [3.8, 4) is 10.6 Å². The first-order valence-corrected chi connectivity index (χ1v) is 11.8. The minimum absolute atomic E-state index is 0.0331. The van der Waals surface area contributed by atoms with E-state index < -0.39 is 0 Å². The highest BCUT2D eigenvalue weighted by Crippen LogP contribution is 2.64. The maximum absolute atomic E-state index is 13.1. The van der Waals surface area contributed by atoms with Crippen LogP contribution in [0.5, 0.6) is 0 Å². The monoisotopic (exact) mass is 473 g/mol. The van der Waals surface area contributed by atoms with Gasteiger partial charge in [-0.15, -0.1) is 11.3 Å². The van der Waals surface area contributed by atoms with Crippen molar-refractivity contribution in [3.63, 3.8) is 0 Å². The number of nitrogens with one attached hydrogen (secondary N) is 2. The summed E-state index contributed by atoms with van der Waals surface area (Å²) in [7, 11) is 0. The number of carbonyl (C=O) groups is 2. The van der Waals surface area contributed by atoms with Crippen molar-refractivity contribution < 1.29 is 9.59 Å². The number of thiazole rings is 1. The Hall–Kier alpha value is -1.73. The molecule has 2 N–H and O–H groups in total. The highest BCUT2D eigenvalue weighted by molar-refractivity contribution is 9.10. The molecule has 7 heteroatoms. The lowest BCUT2D eigenvalue weighted by Gasteiger charge is -2.59. The van der Waals surface area contributed by atoms with Crippen LogP contribution in [-0.2, 0) is 4.79 Å². The first-order valence-electron chi connectivity index (χ1n) is 10.2. The SMILES string of the molecule is Cc1nc(-c2ccccc2)sc1C(=O)NNC(=O)C12CC3CC(CC(Br)(C3)C1)C2. The molecule has 2 atom stereocenters. The van der Waals surface area contributed by atoms with Gasteiger partial charge in [0.1, 0.15) is 9.88 Å². The largest absolute Gasteiger partial charge is 0.281 e. The van der Waals surface area contributed by atoms with Crippen LogP contribution in [0.2, 0.25) is 0 Å². The molecule has 1 aromatic carbocycles. The van der Waals surface area contributed by atoms with E-state index in [-0.39, 0.29) is 21.6 Å². The number of nitrogens with zero attached hydrogens (tertiary/aromatic N) is 1. The van der Waals surface area contributed by atoms with Crippen molar-refractivity contribution in [2.24, 2.45) is 17.3 Å². The van der Waals surface area contributed by atoms with E-state index in [9.17, 15) is 9.59 Å². The van der Waals surface area contributed by atoms with Gasteiger partial charge in [-0.05, 0) is 57.3 Å². The quantitative estimate of drug-likeness (QED) is 0.504. The van der Waals surface area contributed by atoms with Crippen molar-refractivity contribution >= 4 is 39.1 Å². The Morgan fingerprint density at radius 2 is 1.79 bits per heavy atom. The normalized spacial score (nSPS) is 32.2. The third kappa shape index (κ3) is 3.42. The van der Waals surface area contributed by atoms with E-state index in [0.717, 1.165) is 29.8 Å². The van der Waals surface area contributed by atoms with E-state index in [2.05, 4.69) is 31.8 Å². The van der Waals surface area contributed by atoms with Crippen LogP contribution < -0.4 is 10.9 Å². The first-order chi connectivity index (χ1) is 13.9. The van der Waals surface area contributed by atoms with Crippen LogP contribution in [0.15, 0.2) is 30.3 Å². The molecule has 5 nitrogen and oxygen atoms in total. The molecule has 4 aliphatic rings. The zero-order valence-electron chi connectivity index (χ0n) is 16.3. The Morgan fingerprint density at radius 3 is 2.45 bits per heavy atom. The van der Waals surface area contributed by atoms with Gasteiger partial charge < -0.3 is 0 Å². The van der Waals surface area contributed by atoms with Gasteiger partial charge in [0.15, 0.2) is 0 Å². The number of aryl methyl sites for hydroxylation is 1. The minimum atomic E-state index is -0.348. The van der Waals surface area contributed by atoms with Crippen molar-refractivity contribution in [3.05, 3.63) is 40.9 Å². The van der Waals surface area contributed by atoms with E-state index in [1.165, 1.54) is 30.6 Å². The summed E-state index contributed by atoms with van der Waals surface area (Å²) >= 11 is 5.29. The van der Waals surface area contributed by atoms with E-state index in [0.29, 0.717) is 22.4 Å². The Balaban J connectivity index is 1.28. The third-order valence-corrected chi connectivity index (χ3v) is 8.92. The molecule has 2 aromatic rings. The molecule has 6 rings (SSSR count). The number of benzene rings is 1. The molecule has 0 aliphatic heterocycles. The summed E-state index contributed by atoms with van der Waals surface area (Å²) in [4.78, 5) is 30.9. The van der Waals surface area contributed by atoms with Gasteiger partial charge in [0.25, 0.3) is 5.91 Å². The van der Waals surface area contributed by atoms with Crippen LogP contribution in [-0.4, -0.2) is 21.1 Å². The van der Waals surface area contributed by atoms with Gasteiger partial charge in [-0.1, -0.05) is 46.3 Å². The minimum Gasteiger partial charge on any atom is -0.273 e. The summed E-state index contributed by atoms with van der Waals surface area (Å²) in [6.45, 7) is 1.83. The molecule has 0 radical (unpaired) electrons. The zero-order chi connectivity index (χ0) is 20.2. The highest BCUT2D eigenvalue weighted by atomic mass is 79.9. The zero-order valence-corrected chi connectivity index (χ0v) is 18.7. The Morgan fingerprint density at radius 1 is 1.10 bits per heavy atom. The van der Waals surface area contributed by atoms with E-state index in [1.807, 2.05) is 37.3 Å². The van der Waals surface area contributed by atoms with Crippen LogP contribution in [0.4, 0.5) is 0 Å². The topological polar surface area (TPSA) is 71.1 Å². The lowest BCUT2D eigenvalue weighted by atomic mass is 9.49. The summed E-state index contributed by atoms with van der Waals surface area (Å²) < 4.78 is 0.108. The van der Waals surface area contributed by atoms with Crippen molar-refractivity contribution in [2.75, 3.05) is 0 Å². The molecule has 0 spiro atoms. The number of carbonyl (C=O) groups excluding carboxylic acids is 2. The van der Waals surface area contributed by atoms with Crippen LogP contribution in [0.3, 0.4) is 0 Å². The van der Waals surface area contributed by atoms with Crippen molar-refractivity contribution in [1.29, 1.82) is 0 Å². The maximum Gasteiger partial charge on any atom is 0.281 e. The number of halogens is 1. The first kappa shape index (κ1) is 19.2. The summed E-state index contributed by atoms with van der Waals surface area (Å²) in [5.41, 5.74) is 6.72. The second-order valence-corrected chi connectivity index (χ2v) is 11.8. The lowest BCUT2D eigenvalue weighted by Crippen LogP contribution is -2.60. The molecule has 4 fully saturated rings. The molecular formula is C22H24BrN3O2S. The van der Waals surface area contributed by atoms with Crippen molar-refractivity contribution in [2.45, 2.75) is 49.8 Å². The molecule has 1 aromatic heterocycles. The Labute approximate surface area is 182 Å². The second kappa shape index (κ2) is 6.91. The van der Waals surface area contributed by atoms with Crippen LogP contribution in [0, 0.1) is 24.2 Å². The highest BCUT2D eigenvalue weighted by Gasteiger charge is 2.59. The number of hydrogen-bond donors (Lipinski definition) is 2. The van der Waals surface area contributed by atoms with Crippen molar-refractivity contribution in [1.82, 2.24) is 15.8 Å². The number of alkyl halides is 1. The lowest BCUT2D eigenvalue weighted by molar-refractivity contribution is -0.144. The molecular weight excluding hydrogens is 450 g/mol. The predicted molar refractivity (Wildman–Crippen MR) is 117 cm³/mol. The molecule has 2 unspecified atom stereocenters. The standard InChI is InChI=1S/C22H24BrN3O2S/c1-13-17(29-19(24-13)16-5-3-2-4-6-16)18(27)25-26-20(28)21-8-14-7-15(9-21)11-22(23,10-14)12-21/h2-6,14-15H,7-12H2,1H3,(H,25,27)(H,26,28). The molecule has 29 heavy (non-hydrogen) atoms. The second-order valence-electron chi connectivity index (χ2n) is 9.10. The molecule has 4 saturated carbocycles. The number of amides is 2. The van der Waals surface area contributed by atoms with Gasteiger partial charge in [-0.25, -0.2) is 4.98 Å². The molecule has 2 amide bonds. The molecule has 0 saturated heterocycles. The molecule has 152 valence electrons. The summed E-state index contributed by atoms with van der Waals surface area (Å²) in [6.07, 6.45) is 6.34. The van der Waals surface area contributed by atoms with Gasteiger partial charge in [0, 0.05) is 9.89 Å². The smallest absolute Gasteiger partial charge is 0.273 e. The molecule has 1 heterocycles. The summed E-state index contributed by atoms with van der Waals surface area (Å²) in [5.74, 6) is 0.909. The summed E-state index contributed by atoms with van der Waals surface area (Å²) in [6, 6.07) is 9.81. The third-order valence-electron chi connectivity index (χ3n) is 6.78. The van der Waals surface area contributed by atoms with Gasteiger partial charge in [0.05, 0.1) is 11.1 Å². The van der Waals surface area contributed by atoms with Gasteiger partial charge in [-0.2, -0.15) is 0 Å². The molecule has 4 aliphatic carbocycles. The van der Waals surface area contributed by atoms with Crippen LogP contribution in [0.1, 0.15) is 53.9 Å². The van der Waals surface area contributed by atoms with Crippen LogP contribution in [0.25, 0.3) is 10.6 Å². The fourth-order valence-corrected chi connectivity index (χ4v) is 8.45. The van der Waals surface area contributed by atoms with Gasteiger partial charge in [-0.3, -0.25) is 20.4 Å².